The van der Waals surface area contributed by atoms with Gasteiger partial charge in [0.15, 0.2) is 0 Å². The van der Waals surface area contributed by atoms with Crippen molar-refractivity contribution in [2.24, 2.45) is 5.16 Å². The Morgan fingerprint density at radius 1 is 1.29 bits per heavy atom. The zero-order chi connectivity index (χ0) is 18.3. The number of rotatable bonds is 8. The van der Waals surface area contributed by atoms with Gasteiger partial charge in [0.25, 0.3) is 0 Å². The van der Waals surface area contributed by atoms with Crippen LogP contribution in [0.25, 0.3) is 0 Å². The molecule has 0 aliphatic heterocycles. The normalized spacial score (nSPS) is 13.8. The topological polar surface area (TPSA) is 85.2 Å². The molecule has 0 amide bonds. The monoisotopic (exact) mass is 361 g/mol. The lowest BCUT2D eigenvalue weighted by Crippen LogP contribution is -2.27. The fourth-order valence-corrected chi connectivity index (χ4v) is 3.56. The third kappa shape index (κ3) is 4.67. The summed E-state index contributed by atoms with van der Waals surface area (Å²) in [5.41, 5.74) is 1.87. The summed E-state index contributed by atoms with van der Waals surface area (Å²) in [4.78, 5) is 0. The Labute approximate surface area is 142 Å². The lowest BCUT2D eigenvalue weighted by molar-refractivity contribution is 0.307. The van der Waals surface area contributed by atoms with Crippen LogP contribution in [0.15, 0.2) is 17.3 Å². The summed E-state index contributed by atoms with van der Waals surface area (Å²) in [6, 6.07) is 3.26. The molecular weight excluding hydrogens is 337 g/mol. The molecule has 0 saturated heterocycles. The predicted molar refractivity (Wildman–Crippen MR) is 90.2 cm³/mol. The van der Waals surface area contributed by atoms with E-state index in [1.165, 1.54) is 0 Å². The van der Waals surface area contributed by atoms with Gasteiger partial charge in [0.05, 0.1) is 19.1 Å². The van der Waals surface area contributed by atoms with E-state index in [2.05, 4.69) is 5.16 Å². The van der Waals surface area contributed by atoms with Gasteiger partial charge in [-0.1, -0.05) is 24.2 Å². The molecule has 0 radical (unpaired) electrons. The number of oxime groups is 1. The largest absolute Gasteiger partial charge is 0.493 e. The van der Waals surface area contributed by atoms with E-state index in [0.717, 1.165) is 11.1 Å². The van der Waals surface area contributed by atoms with Crippen molar-refractivity contribution in [3.63, 3.8) is 0 Å². The van der Waals surface area contributed by atoms with Gasteiger partial charge in [-0.15, -0.1) is 0 Å². The minimum absolute atomic E-state index is 0.0678. The average Bonchev–Trinajstić information content (AvgIpc) is 2.53. The zero-order valence-corrected chi connectivity index (χ0v) is 15.2. The van der Waals surface area contributed by atoms with Gasteiger partial charge in [0.2, 0.25) is 5.04 Å². The van der Waals surface area contributed by atoms with Gasteiger partial charge in [-0.05, 0) is 43.9 Å². The van der Waals surface area contributed by atoms with E-state index in [0.29, 0.717) is 24.3 Å². The first-order valence-corrected chi connectivity index (χ1v) is 9.14. The van der Waals surface area contributed by atoms with Crippen LogP contribution in [0.1, 0.15) is 42.9 Å². The standard InChI is InChI=1S/C16H24FNO5S/c1-5-7-23-24(20,21)16(18-19)14(10-17)13-8-11(3)15(22-6-2)12(4)9-13/h8-9,14,19H,5-7,10H2,1-4H3. The third-order valence-corrected chi connectivity index (χ3v) is 4.78. The molecule has 6 nitrogen and oxygen atoms in total. The van der Waals surface area contributed by atoms with E-state index in [9.17, 15) is 12.8 Å². The number of halogens is 1. The van der Waals surface area contributed by atoms with Crippen LogP contribution in [0, 0.1) is 13.8 Å². The molecule has 1 N–H and O–H groups in total. The average molecular weight is 361 g/mol. The molecule has 136 valence electrons. The summed E-state index contributed by atoms with van der Waals surface area (Å²) in [7, 11) is -4.31. The molecule has 0 saturated carbocycles. The van der Waals surface area contributed by atoms with Crippen molar-refractivity contribution in [2.45, 2.75) is 40.0 Å². The molecule has 0 aliphatic rings. The molecule has 24 heavy (non-hydrogen) atoms. The molecule has 0 aromatic heterocycles. The minimum Gasteiger partial charge on any atom is -0.493 e. The lowest BCUT2D eigenvalue weighted by Gasteiger charge is -2.18. The molecule has 1 aromatic carbocycles. The van der Waals surface area contributed by atoms with Crippen LogP contribution in [0.4, 0.5) is 4.39 Å². The second-order valence-corrected chi connectivity index (χ2v) is 6.90. The van der Waals surface area contributed by atoms with Gasteiger partial charge in [-0.2, -0.15) is 8.42 Å². The fourth-order valence-electron chi connectivity index (χ4n) is 2.40. The third-order valence-electron chi connectivity index (χ3n) is 3.42. The predicted octanol–water partition coefficient (Wildman–Crippen LogP) is 3.30. The Kier molecular flexibility index (Phi) is 7.62. The van der Waals surface area contributed by atoms with Gasteiger partial charge in [0.1, 0.15) is 12.4 Å². The van der Waals surface area contributed by atoms with Crippen LogP contribution in [-0.2, 0) is 14.3 Å². The maximum atomic E-state index is 13.6. The number of aryl methyl sites for hydroxylation is 2. The highest BCUT2D eigenvalue weighted by molar-refractivity contribution is 8.02. The van der Waals surface area contributed by atoms with E-state index >= 15 is 0 Å². The second kappa shape index (κ2) is 8.98. The lowest BCUT2D eigenvalue weighted by atomic mass is 9.96. The summed E-state index contributed by atoms with van der Waals surface area (Å²) in [6.07, 6.45) is 0.458. The van der Waals surface area contributed by atoms with Crippen molar-refractivity contribution in [3.05, 3.63) is 28.8 Å². The van der Waals surface area contributed by atoms with E-state index in [4.69, 9.17) is 14.1 Å². The number of benzene rings is 1. The Balaban J connectivity index is 3.30. The molecule has 8 heteroatoms. The van der Waals surface area contributed by atoms with Gasteiger partial charge < -0.3 is 9.94 Å². The van der Waals surface area contributed by atoms with Crippen molar-refractivity contribution in [3.8, 4) is 5.75 Å². The molecule has 0 fully saturated rings. The maximum absolute atomic E-state index is 13.6. The molecule has 1 unspecified atom stereocenters. The van der Waals surface area contributed by atoms with Crippen molar-refractivity contribution in [1.82, 2.24) is 0 Å². The summed E-state index contributed by atoms with van der Waals surface area (Å²) in [5.74, 6) is -0.573. The maximum Gasteiger partial charge on any atom is 0.314 e. The number of ether oxygens (including phenoxy) is 1. The molecule has 0 bridgehead atoms. The van der Waals surface area contributed by atoms with Crippen LogP contribution in [0.3, 0.4) is 0 Å². The number of nitrogens with zero attached hydrogens (tertiary/aromatic N) is 1. The summed E-state index contributed by atoms with van der Waals surface area (Å²) >= 11 is 0. The molecule has 1 aromatic rings. The molecular formula is C16H24FNO5S. The van der Waals surface area contributed by atoms with Crippen molar-refractivity contribution in [2.75, 3.05) is 19.9 Å². The molecule has 1 rings (SSSR count). The molecule has 0 spiro atoms. The van der Waals surface area contributed by atoms with Crippen LogP contribution < -0.4 is 4.74 Å². The van der Waals surface area contributed by atoms with Crippen LogP contribution in [0.2, 0.25) is 0 Å². The highest BCUT2D eigenvalue weighted by Crippen LogP contribution is 2.30. The van der Waals surface area contributed by atoms with E-state index < -0.39 is 27.8 Å². The summed E-state index contributed by atoms with van der Waals surface area (Å²) < 4.78 is 48.1. The van der Waals surface area contributed by atoms with Crippen LogP contribution in [0.5, 0.6) is 5.75 Å². The first-order valence-electron chi connectivity index (χ1n) is 7.73. The molecule has 0 heterocycles. The molecule has 0 aliphatic carbocycles. The van der Waals surface area contributed by atoms with E-state index in [1.807, 2.05) is 6.92 Å². The Morgan fingerprint density at radius 3 is 2.29 bits per heavy atom. The SMILES string of the molecule is CCCOS(=O)(=O)C(=NO)C(CF)c1cc(C)c(OCC)c(C)c1. The first kappa shape index (κ1) is 20.4. The van der Waals surface area contributed by atoms with Crippen LogP contribution >= 0.6 is 0 Å². The zero-order valence-electron chi connectivity index (χ0n) is 14.4. The van der Waals surface area contributed by atoms with Crippen molar-refractivity contribution in [1.29, 1.82) is 0 Å². The number of alkyl halides is 1. The van der Waals surface area contributed by atoms with E-state index in [1.54, 1.807) is 32.9 Å². The highest BCUT2D eigenvalue weighted by atomic mass is 32.2. The smallest absolute Gasteiger partial charge is 0.314 e. The fraction of sp³-hybridized carbons (Fsp3) is 0.562. The van der Waals surface area contributed by atoms with Gasteiger partial charge in [-0.3, -0.25) is 4.18 Å². The highest BCUT2D eigenvalue weighted by Gasteiger charge is 2.32. The van der Waals surface area contributed by atoms with Crippen molar-refractivity contribution >= 4 is 15.2 Å². The van der Waals surface area contributed by atoms with Crippen LogP contribution in [-0.4, -0.2) is 38.6 Å². The quantitative estimate of drug-likeness (QED) is 0.252. The summed E-state index contributed by atoms with van der Waals surface area (Å²) in [6.45, 7) is 6.53. The minimum atomic E-state index is -4.31. The Hall–Kier alpha value is -1.67. The van der Waals surface area contributed by atoms with Crippen molar-refractivity contribution < 1.29 is 26.9 Å². The Morgan fingerprint density at radius 2 is 1.88 bits per heavy atom. The van der Waals surface area contributed by atoms with Gasteiger partial charge >= 0.3 is 10.1 Å². The molecule has 1 atom stereocenters. The Bertz CT molecular complexity index is 665. The number of hydrogen-bond donors (Lipinski definition) is 1. The van der Waals surface area contributed by atoms with Gasteiger partial charge in [0, 0.05) is 0 Å². The van der Waals surface area contributed by atoms with Gasteiger partial charge in [-0.25, -0.2) is 4.39 Å². The van der Waals surface area contributed by atoms with E-state index in [-0.39, 0.29) is 6.61 Å². The summed E-state index contributed by atoms with van der Waals surface area (Å²) in [5, 5.41) is 11.2. The number of hydrogen-bond acceptors (Lipinski definition) is 6. The second-order valence-electron chi connectivity index (χ2n) is 5.34. The first-order chi connectivity index (χ1) is 11.3.